The van der Waals surface area contributed by atoms with E-state index in [4.69, 9.17) is 0 Å². The predicted octanol–water partition coefficient (Wildman–Crippen LogP) is 2.75. The lowest BCUT2D eigenvalue weighted by Gasteiger charge is -2.04. The van der Waals surface area contributed by atoms with Gasteiger partial charge in [-0.3, -0.25) is 10.1 Å². The summed E-state index contributed by atoms with van der Waals surface area (Å²) in [7, 11) is 0. The SMILES string of the molecule is CCNc1cc(SC)cc([N+](=O)[O-])c1. The normalized spacial score (nSPS) is 9.86. The Balaban J connectivity index is 3.06. The molecule has 1 N–H and O–H groups in total. The molecule has 0 fully saturated rings. The highest BCUT2D eigenvalue weighted by atomic mass is 32.2. The number of benzene rings is 1. The predicted molar refractivity (Wildman–Crippen MR) is 59.0 cm³/mol. The highest BCUT2D eigenvalue weighted by Crippen LogP contribution is 2.26. The van der Waals surface area contributed by atoms with Gasteiger partial charge in [-0.25, -0.2) is 0 Å². The molecule has 0 spiro atoms. The summed E-state index contributed by atoms with van der Waals surface area (Å²) in [5.41, 5.74) is 0.929. The average Bonchev–Trinajstić information content (AvgIpc) is 2.17. The molecule has 14 heavy (non-hydrogen) atoms. The third-order valence-corrected chi connectivity index (χ3v) is 2.43. The summed E-state index contributed by atoms with van der Waals surface area (Å²) in [4.78, 5) is 11.1. The second-order valence-corrected chi connectivity index (χ2v) is 3.59. The number of hydrogen-bond acceptors (Lipinski definition) is 4. The summed E-state index contributed by atoms with van der Waals surface area (Å²) < 4.78 is 0. The van der Waals surface area contributed by atoms with Crippen LogP contribution in [-0.4, -0.2) is 17.7 Å². The van der Waals surface area contributed by atoms with E-state index >= 15 is 0 Å². The number of rotatable bonds is 4. The number of nitrogens with zero attached hydrogens (tertiary/aromatic N) is 1. The summed E-state index contributed by atoms with van der Waals surface area (Å²) >= 11 is 1.50. The van der Waals surface area contributed by atoms with E-state index < -0.39 is 0 Å². The van der Waals surface area contributed by atoms with Crippen LogP contribution in [0.4, 0.5) is 11.4 Å². The fraction of sp³-hybridized carbons (Fsp3) is 0.333. The van der Waals surface area contributed by atoms with Crippen LogP contribution in [0.15, 0.2) is 23.1 Å². The van der Waals surface area contributed by atoms with Crippen molar-refractivity contribution in [2.45, 2.75) is 11.8 Å². The summed E-state index contributed by atoms with van der Waals surface area (Å²) in [5.74, 6) is 0. The van der Waals surface area contributed by atoms with Gasteiger partial charge in [-0.15, -0.1) is 11.8 Å². The molecule has 1 rings (SSSR count). The maximum atomic E-state index is 10.6. The molecule has 0 aliphatic heterocycles. The number of thioether (sulfide) groups is 1. The molecule has 1 aromatic rings. The molecule has 0 aliphatic carbocycles. The van der Waals surface area contributed by atoms with Crippen molar-refractivity contribution in [3.05, 3.63) is 28.3 Å². The van der Waals surface area contributed by atoms with Gasteiger partial charge in [0.05, 0.1) is 4.92 Å². The van der Waals surface area contributed by atoms with Gasteiger partial charge in [-0.05, 0) is 19.2 Å². The Kier molecular flexibility index (Phi) is 3.76. The monoisotopic (exact) mass is 212 g/mol. The Morgan fingerprint density at radius 2 is 2.21 bits per heavy atom. The molecule has 0 radical (unpaired) electrons. The largest absolute Gasteiger partial charge is 0.385 e. The van der Waals surface area contributed by atoms with Crippen molar-refractivity contribution < 1.29 is 4.92 Å². The minimum Gasteiger partial charge on any atom is -0.385 e. The second kappa shape index (κ2) is 4.85. The molecular formula is C9H12N2O2S. The average molecular weight is 212 g/mol. The van der Waals surface area contributed by atoms with E-state index in [1.807, 2.05) is 19.2 Å². The van der Waals surface area contributed by atoms with Crippen LogP contribution in [0, 0.1) is 10.1 Å². The first-order valence-electron chi connectivity index (χ1n) is 4.24. The Morgan fingerprint density at radius 3 is 2.71 bits per heavy atom. The van der Waals surface area contributed by atoms with Crippen LogP contribution in [0.3, 0.4) is 0 Å². The zero-order chi connectivity index (χ0) is 10.6. The summed E-state index contributed by atoms with van der Waals surface area (Å²) in [6, 6.07) is 5.02. The van der Waals surface area contributed by atoms with E-state index in [0.717, 1.165) is 17.1 Å². The molecule has 4 nitrogen and oxygen atoms in total. The first kappa shape index (κ1) is 10.8. The lowest BCUT2D eigenvalue weighted by atomic mass is 10.3. The Labute approximate surface area is 86.9 Å². The van der Waals surface area contributed by atoms with Crippen LogP contribution in [-0.2, 0) is 0 Å². The Morgan fingerprint density at radius 1 is 1.50 bits per heavy atom. The fourth-order valence-corrected chi connectivity index (χ4v) is 1.60. The number of hydrogen-bond donors (Lipinski definition) is 1. The third-order valence-electron chi connectivity index (χ3n) is 1.72. The van der Waals surface area contributed by atoms with Crippen molar-refractivity contribution in [1.29, 1.82) is 0 Å². The molecule has 0 saturated carbocycles. The zero-order valence-electron chi connectivity index (χ0n) is 8.11. The smallest absolute Gasteiger partial charge is 0.272 e. The Bertz CT molecular complexity index is 342. The van der Waals surface area contributed by atoms with Gasteiger partial charge in [0.2, 0.25) is 0 Å². The van der Waals surface area contributed by atoms with Crippen molar-refractivity contribution in [2.75, 3.05) is 18.1 Å². The molecule has 0 heterocycles. The van der Waals surface area contributed by atoms with Crippen LogP contribution in [0.2, 0.25) is 0 Å². The first-order chi connectivity index (χ1) is 6.67. The standard InChI is InChI=1S/C9H12N2O2S/c1-3-10-7-4-8(11(12)13)6-9(5-7)14-2/h4-6,10H,3H2,1-2H3. The molecule has 0 aromatic heterocycles. The number of non-ortho nitro benzene ring substituents is 1. The van der Waals surface area contributed by atoms with Crippen LogP contribution in [0.1, 0.15) is 6.92 Å². The van der Waals surface area contributed by atoms with Gasteiger partial charge in [0.15, 0.2) is 0 Å². The van der Waals surface area contributed by atoms with Crippen molar-refractivity contribution >= 4 is 23.1 Å². The van der Waals surface area contributed by atoms with Crippen molar-refractivity contribution in [2.24, 2.45) is 0 Å². The molecule has 0 aliphatic rings. The molecule has 0 saturated heterocycles. The molecule has 76 valence electrons. The van der Waals surface area contributed by atoms with Crippen LogP contribution >= 0.6 is 11.8 Å². The lowest BCUT2D eigenvalue weighted by molar-refractivity contribution is -0.385. The zero-order valence-corrected chi connectivity index (χ0v) is 8.93. The summed E-state index contributed by atoms with van der Waals surface area (Å²) in [6.45, 7) is 2.71. The molecule has 0 atom stereocenters. The van der Waals surface area contributed by atoms with E-state index in [0.29, 0.717) is 0 Å². The van der Waals surface area contributed by atoms with Crippen LogP contribution in [0.25, 0.3) is 0 Å². The first-order valence-corrected chi connectivity index (χ1v) is 5.47. The van der Waals surface area contributed by atoms with E-state index in [1.165, 1.54) is 11.8 Å². The van der Waals surface area contributed by atoms with Gasteiger partial charge < -0.3 is 5.32 Å². The minimum absolute atomic E-state index is 0.132. The van der Waals surface area contributed by atoms with Gasteiger partial charge in [0.25, 0.3) is 5.69 Å². The molecule has 1 aromatic carbocycles. The molecule has 0 amide bonds. The van der Waals surface area contributed by atoms with E-state index in [2.05, 4.69) is 5.32 Å². The van der Waals surface area contributed by atoms with Crippen molar-refractivity contribution in [3.8, 4) is 0 Å². The van der Waals surface area contributed by atoms with Gasteiger partial charge >= 0.3 is 0 Å². The maximum Gasteiger partial charge on any atom is 0.272 e. The van der Waals surface area contributed by atoms with E-state index in [9.17, 15) is 10.1 Å². The van der Waals surface area contributed by atoms with Gasteiger partial charge in [0.1, 0.15) is 0 Å². The van der Waals surface area contributed by atoms with Gasteiger partial charge in [0, 0.05) is 29.3 Å². The van der Waals surface area contributed by atoms with E-state index in [-0.39, 0.29) is 10.6 Å². The summed E-state index contributed by atoms with van der Waals surface area (Å²) in [6.07, 6.45) is 1.90. The van der Waals surface area contributed by atoms with Crippen molar-refractivity contribution in [3.63, 3.8) is 0 Å². The second-order valence-electron chi connectivity index (χ2n) is 2.71. The topological polar surface area (TPSA) is 55.2 Å². The Hall–Kier alpha value is -1.23. The third kappa shape index (κ3) is 2.63. The fourth-order valence-electron chi connectivity index (χ4n) is 1.11. The highest BCUT2D eigenvalue weighted by molar-refractivity contribution is 7.98. The molecule has 0 unspecified atom stereocenters. The van der Waals surface area contributed by atoms with Gasteiger partial charge in [-0.2, -0.15) is 0 Å². The maximum absolute atomic E-state index is 10.6. The summed E-state index contributed by atoms with van der Waals surface area (Å²) in [5, 5.41) is 13.7. The minimum atomic E-state index is -0.374. The van der Waals surface area contributed by atoms with Crippen LogP contribution in [0.5, 0.6) is 0 Å². The van der Waals surface area contributed by atoms with Crippen LogP contribution < -0.4 is 5.32 Å². The van der Waals surface area contributed by atoms with Gasteiger partial charge in [-0.1, -0.05) is 0 Å². The number of nitro benzene ring substituents is 1. The molecular weight excluding hydrogens is 200 g/mol. The lowest BCUT2D eigenvalue weighted by Crippen LogP contribution is -1.98. The number of anilines is 1. The highest BCUT2D eigenvalue weighted by Gasteiger charge is 2.08. The van der Waals surface area contributed by atoms with E-state index in [1.54, 1.807) is 12.1 Å². The molecule has 0 bridgehead atoms. The number of nitrogens with one attached hydrogen (secondary N) is 1. The number of nitro groups is 1. The quantitative estimate of drug-likeness (QED) is 0.473. The molecule has 5 heteroatoms. The van der Waals surface area contributed by atoms with Crippen molar-refractivity contribution in [1.82, 2.24) is 0 Å².